The molecule has 0 atom stereocenters. The van der Waals surface area contributed by atoms with Crippen molar-refractivity contribution in [2.24, 2.45) is 0 Å². The number of halogens is 3. The van der Waals surface area contributed by atoms with E-state index in [0.29, 0.717) is 5.71 Å². The van der Waals surface area contributed by atoms with Crippen LogP contribution in [0.15, 0.2) is 37.7 Å². The highest BCUT2D eigenvalue weighted by Crippen LogP contribution is 2.34. The van der Waals surface area contributed by atoms with E-state index in [9.17, 15) is 5.53 Å². The van der Waals surface area contributed by atoms with Crippen molar-refractivity contribution in [3.8, 4) is 0 Å². The van der Waals surface area contributed by atoms with Crippen LogP contribution in [0.1, 0.15) is 48.6 Å². The molecule has 0 radical (unpaired) electrons. The molecule has 0 aliphatic carbocycles. The van der Waals surface area contributed by atoms with Crippen LogP contribution in [0.2, 0.25) is 0 Å². The first kappa shape index (κ1) is 19.6. The number of nitrogens with zero attached hydrogens (tertiary/aromatic N) is 2. The summed E-state index contributed by atoms with van der Waals surface area (Å²) in [6, 6.07) is 8.24. The van der Waals surface area contributed by atoms with Crippen molar-refractivity contribution in [1.82, 2.24) is 0 Å². The van der Waals surface area contributed by atoms with Gasteiger partial charge in [-0.2, -0.15) is 4.79 Å². The first-order valence-electron chi connectivity index (χ1n) is 7.55. The maximum atomic E-state index is 9.76. The van der Waals surface area contributed by atoms with Gasteiger partial charge in [-0.15, -0.1) is 0 Å². The first-order valence-corrected chi connectivity index (χ1v) is 9.93. The van der Waals surface area contributed by atoms with Gasteiger partial charge in [0.2, 0.25) is 0 Å². The Kier molecular flexibility index (Phi) is 5.91. The van der Waals surface area contributed by atoms with Crippen molar-refractivity contribution in [3.05, 3.63) is 71.0 Å². The SMILES string of the molecule is Cc1cc(C(C)(C)C)cc(C)c1C(=[N+]=[N-])c1c(Br)cc(Br)cc1Br. The Balaban J connectivity index is 2.73. The number of hydrogen-bond acceptors (Lipinski definition) is 0. The van der Waals surface area contributed by atoms with Gasteiger partial charge < -0.3 is 5.53 Å². The molecule has 0 aliphatic heterocycles. The third-order valence-electron chi connectivity index (χ3n) is 3.98. The lowest BCUT2D eigenvalue weighted by Crippen LogP contribution is -2.16. The molecule has 0 heterocycles. The second-order valence-corrected chi connectivity index (χ2v) is 9.55. The van der Waals surface area contributed by atoms with E-state index in [1.807, 2.05) is 12.1 Å². The second-order valence-electron chi connectivity index (χ2n) is 6.93. The molecular weight excluding hydrogens is 496 g/mol. The van der Waals surface area contributed by atoms with Crippen molar-refractivity contribution in [2.75, 3.05) is 0 Å². The zero-order chi connectivity index (χ0) is 18.2. The van der Waals surface area contributed by atoms with Crippen LogP contribution in [0.4, 0.5) is 0 Å². The minimum absolute atomic E-state index is 0.0728. The summed E-state index contributed by atoms with van der Waals surface area (Å²) in [5.74, 6) is 0. The van der Waals surface area contributed by atoms with Crippen LogP contribution in [0, 0.1) is 13.8 Å². The standard InChI is InChI=1S/C19H19Br3N2/c1-10-6-12(19(3,4)5)7-11(2)16(10)18(24-23)17-14(21)8-13(20)9-15(17)22/h6-9H,1-5H3. The van der Waals surface area contributed by atoms with Gasteiger partial charge in [-0.3, -0.25) is 0 Å². The van der Waals surface area contributed by atoms with Crippen LogP contribution in [0.3, 0.4) is 0 Å². The van der Waals surface area contributed by atoms with Gasteiger partial charge in [-0.1, -0.05) is 48.8 Å². The molecule has 0 saturated heterocycles. The molecule has 0 saturated carbocycles. The number of rotatable bonds is 2. The Morgan fingerprint density at radius 3 is 1.71 bits per heavy atom. The van der Waals surface area contributed by atoms with Crippen molar-refractivity contribution in [3.63, 3.8) is 0 Å². The van der Waals surface area contributed by atoms with Gasteiger partial charge in [-0.25, -0.2) is 0 Å². The molecule has 2 nitrogen and oxygen atoms in total. The van der Waals surface area contributed by atoms with E-state index in [2.05, 4.69) is 99.3 Å². The average Bonchev–Trinajstić information content (AvgIpc) is 2.42. The highest BCUT2D eigenvalue weighted by atomic mass is 79.9. The molecule has 0 unspecified atom stereocenters. The minimum atomic E-state index is 0.0728. The highest BCUT2D eigenvalue weighted by molar-refractivity contribution is 9.11. The summed E-state index contributed by atoms with van der Waals surface area (Å²) in [4.78, 5) is 3.63. The molecule has 2 aromatic carbocycles. The fraction of sp³-hybridized carbons (Fsp3) is 0.316. The number of aryl methyl sites for hydroxylation is 2. The quantitative estimate of drug-likeness (QED) is 0.236. The average molecular weight is 515 g/mol. The maximum absolute atomic E-state index is 9.76. The summed E-state index contributed by atoms with van der Waals surface area (Å²) in [7, 11) is 0. The summed E-state index contributed by atoms with van der Waals surface area (Å²) in [5.41, 5.74) is 15.6. The van der Waals surface area contributed by atoms with Crippen molar-refractivity contribution in [1.29, 1.82) is 0 Å². The largest absolute Gasteiger partial charge is 0.361 e. The Morgan fingerprint density at radius 2 is 1.33 bits per heavy atom. The van der Waals surface area contributed by atoms with E-state index in [-0.39, 0.29) is 5.41 Å². The van der Waals surface area contributed by atoms with E-state index in [1.165, 1.54) is 5.56 Å². The maximum Gasteiger partial charge on any atom is 0.332 e. The Morgan fingerprint density at radius 1 is 0.875 bits per heavy atom. The molecule has 0 N–H and O–H groups in total. The van der Waals surface area contributed by atoms with Gasteiger partial charge >= 0.3 is 5.71 Å². The van der Waals surface area contributed by atoms with Crippen LogP contribution in [-0.2, 0) is 5.41 Å². The van der Waals surface area contributed by atoms with E-state index in [0.717, 1.165) is 35.7 Å². The molecule has 0 bridgehead atoms. The predicted octanol–water partition coefficient (Wildman–Crippen LogP) is 6.96. The predicted molar refractivity (Wildman–Crippen MR) is 111 cm³/mol. The first-order chi connectivity index (χ1) is 11.1. The molecular formula is C19H19Br3N2. The normalized spacial score (nSPS) is 11.3. The zero-order valence-electron chi connectivity index (χ0n) is 14.3. The van der Waals surface area contributed by atoms with Crippen LogP contribution in [-0.4, -0.2) is 10.5 Å². The summed E-state index contributed by atoms with van der Waals surface area (Å²) < 4.78 is 2.66. The summed E-state index contributed by atoms with van der Waals surface area (Å²) in [6.07, 6.45) is 0. The third kappa shape index (κ3) is 3.91. The van der Waals surface area contributed by atoms with Gasteiger partial charge in [0.25, 0.3) is 0 Å². The van der Waals surface area contributed by atoms with E-state index in [1.54, 1.807) is 0 Å². The molecule has 24 heavy (non-hydrogen) atoms. The lowest BCUT2D eigenvalue weighted by molar-refractivity contribution is -0.00298. The van der Waals surface area contributed by atoms with Gasteiger partial charge in [0.15, 0.2) is 0 Å². The Labute approximate surface area is 168 Å². The monoisotopic (exact) mass is 512 g/mol. The second kappa shape index (κ2) is 7.25. The number of benzene rings is 2. The molecule has 2 aromatic rings. The lowest BCUT2D eigenvalue weighted by Gasteiger charge is -2.21. The van der Waals surface area contributed by atoms with Crippen LogP contribution in [0.25, 0.3) is 5.53 Å². The minimum Gasteiger partial charge on any atom is -0.361 e. The van der Waals surface area contributed by atoms with Crippen molar-refractivity contribution in [2.45, 2.75) is 40.0 Å². The van der Waals surface area contributed by atoms with E-state index in [4.69, 9.17) is 0 Å². The lowest BCUT2D eigenvalue weighted by atomic mass is 9.82. The van der Waals surface area contributed by atoms with Gasteiger partial charge in [0, 0.05) is 13.4 Å². The number of hydrogen-bond donors (Lipinski definition) is 0. The molecule has 5 heteroatoms. The van der Waals surface area contributed by atoms with Crippen molar-refractivity contribution < 1.29 is 4.79 Å². The highest BCUT2D eigenvalue weighted by Gasteiger charge is 2.27. The van der Waals surface area contributed by atoms with Gasteiger partial charge in [0.1, 0.15) is 0 Å². The summed E-state index contributed by atoms with van der Waals surface area (Å²) >= 11 is 10.6. The van der Waals surface area contributed by atoms with Gasteiger partial charge in [0.05, 0.1) is 11.1 Å². The van der Waals surface area contributed by atoms with Crippen LogP contribution < -0.4 is 0 Å². The molecule has 126 valence electrons. The molecule has 0 spiro atoms. The third-order valence-corrected chi connectivity index (χ3v) is 5.69. The van der Waals surface area contributed by atoms with Crippen LogP contribution in [0.5, 0.6) is 0 Å². The van der Waals surface area contributed by atoms with Gasteiger partial charge in [-0.05, 0) is 79.9 Å². The van der Waals surface area contributed by atoms with E-state index < -0.39 is 0 Å². The summed E-state index contributed by atoms with van der Waals surface area (Å²) in [6.45, 7) is 10.7. The van der Waals surface area contributed by atoms with Crippen LogP contribution >= 0.6 is 47.8 Å². The molecule has 0 fully saturated rings. The fourth-order valence-electron chi connectivity index (χ4n) is 2.76. The fourth-order valence-corrected chi connectivity index (χ4v) is 5.40. The Bertz CT molecular complexity index is 811. The van der Waals surface area contributed by atoms with Crippen molar-refractivity contribution >= 4 is 53.5 Å². The molecule has 2 rings (SSSR count). The Hall–Kier alpha value is -0.740. The summed E-state index contributed by atoms with van der Waals surface area (Å²) in [5, 5.41) is 0. The smallest absolute Gasteiger partial charge is 0.332 e. The van der Waals surface area contributed by atoms with E-state index >= 15 is 0 Å². The molecule has 0 aliphatic rings. The molecule has 0 amide bonds. The zero-order valence-corrected chi connectivity index (χ0v) is 19.1. The topological polar surface area (TPSA) is 36.4 Å². The molecule has 0 aromatic heterocycles.